The van der Waals surface area contributed by atoms with E-state index in [2.05, 4.69) is 29.1 Å². The van der Waals surface area contributed by atoms with E-state index >= 15 is 0 Å². The van der Waals surface area contributed by atoms with E-state index in [0.717, 1.165) is 25.3 Å². The van der Waals surface area contributed by atoms with Gasteiger partial charge in [-0.05, 0) is 32.2 Å². The SMILES string of the molecule is CC1CN(c2ccc3c(c2)NC(=O)C3=O)CCN1C. The number of benzene rings is 1. The average molecular weight is 259 g/mol. The van der Waals surface area contributed by atoms with Crippen LogP contribution in [-0.2, 0) is 4.79 Å². The molecule has 1 aromatic rings. The fourth-order valence-electron chi connectivity index (χ4n) is 2.61. The molecule has 1 amide bonds. The van der Waals surface area contributed by atoms with Gasteiger partial charge in [-0.3, -0.25) is 9.59 Å². The normalized spacial score (nSPS) is 23.5. The number of piperazine rings is 1. The van der Waals surface area contributed by atoms with Crippen LogP contribution in [0.25, 0.3) is 0 Å². The molecule has 1 fully saturated rings. The summed E-state index contributed by atoms with van der Waals surface area (Å²) in [5.74, 6) is -0.966. The highest BCUT2D eigenvalue weighted by molar-refractivity contribution is 6.51. The zero-order chi connectivity index (χ0) is 13.6. The molecule has 19 heavy (non-hydrogen) atoms. The van der Waals surface area contributed by atoms with E-state index in [9.17, 15) is 9.59 Å². The van der Waals surface area contributed by atoms with E-state index in [0.29, 0.717) is 17.3 Å². The van der Waals surface area contributed by atoms with Crippen molar-refractivity contribution in [3.8, 4) is 0 Å². The standard InChI is InChI=1S/C14H17N3O2/c1-9-8-17(6-5-16(9)2)10-3-4-11-12(7-10)15-14(19)13(11)18/h3-4,7,9H,5-6,8H2,1-2H3,(H,15,18,19). The summed E-state index contributed by atoms with van der Waals surface area (Å²) in [6, 6.07) is 6.07. The molecular formula is C14H17N3O2. The third-order valence-corrected chi connectivity index (χ3v) is 4.03. The van der Waals surface area contributed by atoms with Gasteiger partial charge in [0, 0.05) is 31.4 Å². The quantitative estimate of drug-likeness (QED) is 0.763. The molecule has 2 aliphatic heterocycles. The van der Waals surface area contributed by atoms with E-state index in [4.69, 9.17) is 0 Å². The Labute approximate surface area is 112 Å². The van der Waals surface area contributed by atoms with E-state index in [-0.39, 0.29) is 0 Å². The van der Waals surface area contributed by atoms with Crippen LogP contribution in [0.3, 0.4) is 0 Å². The van der Waals surface area contributed by atoms with Gasteiger partial charge in [0.15, 0.2) is 0 Å². The largest absolute Gasteiger partial charge is 0.369 e. The van der Waals surface area contributed by atoms with Gasteiger partial charge in [-0.2, -0.15) is 0 Å². The van der Waals surface area contributed by atoms with E-state index in [1.165, 1.54) is 0 Å². The number of anilines is 2. The van der Waals surface area contributed by atoms with Crippen LogP contribution in [0.2, 0.25) is 0 Å². The van der Waals surface area contributed by atoms with E-state index in [1.54, 1.807) is 6.07 Å². The predicted octanol–water partition coefficient (Wildman–Crippen LogP) is 0.962. The second kappa shape index (κ2) is 4.35. The van der Waals surface area contributed by atoms with Gasteiger partial charge < -0.3 is 15.1 Å². The maximum absolute atomic E-state index is 11.5. The molecule has 1 N–H and O–H groups in total. The predicted molar refractivity (Wildman–Crippen MR) is 73.7 cm³/mol. The highest BCUT2D eigenvalue weighted by atomic mass is 16.2. The average Bonchev–Trinajstić information content (AvgIpc) is 2.68. The summed E-state index contributed by atoms with van der Waals surface area (Å²) in [5, 5.41) is 2.62. The van der Waals surface area contributed by atoms with Gasteiger partial charge >= 0.3 is 0 Å². The molecule has 1 saturated heterocycles. The van der Waals surface area contributed by atoms with Crippen molar-refractivity contribution in [1.82, 2.24) is 4.90 Å². The number of nitrogens with one attached hydrogen (secondary N) is 1. The van der Waals surface area contributed by atoms with Crippen molar-refractivity contribution in [1.29, 1.82) is 0 Å². The fourth-order valence-corrected chi connectivity index (χ4v) is 2.61. The molecule has 1 unspecified atom stereocenters. The van der Waals surface area contributed by atoms with Gasteiger partial charge in [0.1, 0.15) is 0 Å². The van der Waals surface area contributed by atoms with Gasteiger partial charge in [0.25, 0.3) is 11.7 Å². The lowest BCUT2D eigenvalue weighted by atomic mass is 10.1. The molecule has 0 aromatic heterocycles. The van der Waals surface area contributed by atoms with Crippen LogP contribution in [0.4, 0.5) is 11.4 Å². The summed E-state index contributed by atoms with van der Waals surface area (Å²) in [5.41, 5.74) is 2.18. The van der Waals surface area contributed by atoms with Crippen molar-refractivity contribution in [3.63, 3.8) is 0 Å². The molecule has 0 bridgehead atoms. The van der Waals surface area contributed by atoms with Crippen molar-refractivity contribution in [2.24, 2.45) is 0 Å². The summed E-state index contributed by atoms with van der Waals surface area (Å²) in [6.45, 7) is 5.13. The lowest BCUT2D eigenvalue weighted by molar-refractivity contribution is -0.112. The minimum Gasteiger partial charge on any atom is -0.369 e. The molecule has 2 heterocycles. The van der Waals surface area contributed by atoms with Gasteiger partial charge in [-0.1, -0.05) is 0 Å². The Morgan fingerprint density at radius 2 is 2.05 bits per heavy atom. The van der Waals surface area contributed by atoms with E-state index in [1.807, 2.05) is 12.1 Å². The summed E-state index contributed by atoms with van der Waals surface area (Å²) in [7, 11) is 2.13. The van der Waals surface area contributed by atoms with Crippen LogP contribution in [0.1, 0.15) is 17.3 Å². The van der Waals surface area contributed by atoms with Crippen molar-refractivity contribution in [2.75, 3.05) is 36.9 Å². The molecule has 100 valence electrons. The number of fused-ring (bicyclic) bond motifs is 1. The first kappa shape index (κ1) is 12.2. The van der Waals surface area contributed by atoms with Crippen LogP contribution in [0, 0.1) is 0 Å². The summed E-state index contributed by atoms with van der Waals surface area (Å²) >= 11 is 0. The zero-order valence-electron chi connectivity index (χ0n) is 11.1. The van der Waals surface area contributed by atoms with Crippen LogP contribution < -0.4 is 10.2 Å². The monoisotopic (exact) mass is 259 g/mol. The van der Waals surface area contributed by atoms with E-state index < -0.39 is 11.7 Å². The molecule has 0 spiro atoms. The number of Topliss-reactive ketones (excluding diaryl/α,β-unsaturated/α-hetero) is 1. The molecule has 3 rings (SSSR count). The number of amides is 1. The lowest BCUT2D eigenvalue weighted by Gasteiger charge is -2.39. The number of likely N-dealkylation sites (N-methyl/N-ethyl adjacent to an activating group) is 1. The topological polar surface area (TPSA) is 52.7 Å². The number of hydrogen-bond acceptors (Lipinski definition) is 4. The first-order chi connectivity index (χ1) is 9.06. The zero-order valence-corrected chi connectivity index (χ0v) is 11.1. The Morgan fingerprint density at radius 3 is 2.79 bits per heavy atom. The highest BCUT2D eigenvalue weighted by Gasteiger charge is 2.29. The lowest BCUT2D eigenvalue weighted by Crippen LogP contribution is -2.50. The Balaban J connectivity index is 1.86. The fraction of sp³-hybridized carbons (Fsp3) is 0.429. The molecular weight excluding hydrogens is 242 g/mol. The Bertz CT molecular complexity index is 556. The van der Waals surface area contributed by atoms with Crippen molar-refractivity contribution in [3.05, 3.63) is 23.8 Å². The second-order valence-electron chi connectivity index (χ2n) is 5.29. The molecule has 1 aromatic carbocycles. The summed E-state index contributed by atoms with van der Waals surface area (Å²) in [6.07, 6.45) is 0. The molecule has 2 aliphatic rings. The van der Waals surface area contributed by atoms with Crippen molar-refractivity contribution >= 4 is 23.1 Å². The molecule has 5 heteroatoms. The minimum absolute atomic E-state index is 0.437. The molecule has 0 saturated carbocycles. The third kappa shape index (κ3) is 2.00. The number of hydrogen-bond donors (Lipinski definition) is 1. The summed E-state index contributed by atoms with van der Waals surface area (Å²) < 4.78 is 0. The van der Waals surface area contributed by atoms with Crippen LogP contribution in [0.5, 0.6) is 0 Å². The Hall–Kier alpha value is -1.88. The molecule has 0 aliphatic carbocycles. The smallest absolute Gasteiger partial charge is 0.296 e. The number of carbonyl (C=O) groups is 2. The molecule has 5 nitrogen and oxygen atoms in total. The van der Waals surface area contributed by atoms with Crippen LogP contribution in [0.15, 0.2) is 18.2 Å². The van der Waals surface area contributed by atoms with Gasteiger partial charge in [0.2, 0.25) is 0 Å². The molecule has 1 atom stereocenters. The molecule has 0 radical (unpaired) electrons. The number of rotatable bonds is 1. The Kier molecular flexibility index (Phi) is 2.78. The summed E-state index contributed by atoms with van der Waals surface area (Å²) in [4.78, 5) is 27.5. The van der Waals surface area contributed by atoms with Gasteiger partial charge in [-0.25, -0.2) is 0 Å². The Morgan fingerprint density at radius 1 is 1.26 bits per heavy atom. The van der Waals surface area contributed by atoms with Gasteiger partial charge in [-0.15, -0.1) is 0 Å². The minimum atomic E-state index is -0.529. The first-order valence-corrected chi connectivity index (χ1v) is 6.51. The first-order valence-electron chi connectivity index (χ1n) is 6.51. The highest BCUT2D eigenvalue weighted by Crippen LogP contribution is 2.29. The van der Waals surface area contributed by atoms with Crippen molar-refractivity contribution in [2.45, 2.75) is 13.0 Å². The van der Waals surface area contributed by atoms with Gasteiger partial charge in [0.05, 0.1) is 11.3 Å². The maximum atomic E-state index is 11.5. The number of nitrogens with zero attached hydrogens (tertiary/aromatic N) is 2. The third-order valence-electron chi connectivity index (χ3n) is 4.03. The maximum Gasteiger partial charge on any atom is 0.296 e. The second-order valence-corrected chi connectivity index (χ2v) is 5.29. The number of ketones is 1. The van der Waals surface area contributed by atoms with Crippen LogP contribution in [-0.4, -0.2) is 49.3 Å². The van der Waals surface area contributed by atoms with Crippen molar-refractivity contribution < 1.29 is 9.59 Å². The van der Waals surface area contributed by atoms with Crippen LogP contribution >= 0.6 is 0 Å². The number of carbonyl (C=O) groups excluding carboxylic acids is 2.